The molecule has 0 radical (unpaired) electrons. The molecule has 2 aromatic rings. The topological polar surface area (TPSA) is 83.6 Å². The molecule has 1 aromatic heterocycles. The summed E-state index contributed by atoms with van der Waals surface area (Å²) < 4.78 is 23.5. The number of nitrogens with zero attached hydrogens (tertiary/aromatic N) is 1. The molecule has 2 atom stereocenters. The lowest BCUT2D eigenvalue weighted by molar-refractivity contribution is -0.133. The van der Waals surface area contributed by atoms with E-state index in [9.17, 15) is 18.0 Å². The summed E-state index contributed by atoms with van der Waals surface area (Å²) in [5.74, 6) is -0.496. The van der Waals surface area contributed by atoms with Crippen molar-refractivity contribution in [2.24, 2.45) is 0 Å². The first kappa shape index (κ1) is 19.6. The fourth-order valence-electron chi connectivity index (χ4n) is 3.19. The van der Waals surface area contributed by atoms with E-state index >= 15 is 0 Å². The van der Waals surface area contributed by atoms with Crippen molar-refractivity contribution in [3.63, 3.8) is 0 Å². The predicted octanol–water partition coefficient (Wildman–Crippen LogP) is 1.73. The first-order valence-electron chi connectivity index (χ1n) is 8.71. The van der Waals surface area contributed by atoms with Crippen LogP contribution in [0.25, 0.3) is 0 Å². The van der Waals surface area contributed by atoms with Crippen LogP contribution in [0.2, 0.25) is 0 Å². The lowest BCUT2D eigenvalue weighted by Gasteiger charge is -2.28. The van der Waals surface area contributed by atoms with Crippen molar-refractivity contribution in [3.05, 3.63) is 58.3 Å². The van der Waals surface area contributed by atoms with Crippen molar-refractivity contribution in [3.8, 4) is 0 Å². The smallest absolute Gasteiger partial charge is 0.262 e. The molecule has 8 heteroatoms. The molecule has 1 aliphatic heterocycles. The number of likely N-dealkylation sites (N-methyl/N-ethyl adjacent to an activating group) is 1. The van der Waals surface area contributed by atoms with Gasteiger partial charge in [0, 0.05) is 19.5 Å². The number of hydrogen-bond donors (Lipinski definition) is 1. The molecule has 1 fully saturated rings. The van der Waals surface area contributed by atoms with Crippen molar-refractivity contribution >= 4 is 33.0 Å². The maximum absolute atomic E-state index is 13.1. The second-order valence-electron chi connectivity index (χ2n) is 6.70. The second-order valence-corrected chi connectivity index (χ2v) is 9.88. The van der Waals surface area contributed by atoms with Crippen LogP contribution in [0.4, 0.5) is 0 Å². The van der Waals surface area contributed by atoms with Gasteiger partial charge in [-0.2, -0.15) is 0 Å². The summed E-state index contributed by atoms with van der Waals surface area (Å²) in [6.45, 7) is 0. The summed E-state index contributed by atoms with van der Waals surface area (Å²) in [5.41, 5.74) is 0.926. The number of hydrogen-bond acceptors (Lipinski definition) is 5. The highest BCUT2D eigenvalue weighted by Crippen LogP contribution is 2.18. The number of rotatable bonds is 6. The molecule has 6 nitrogen and oxygen atoms in total. The van der Waals surface area contributed by atoms with Crippen LogP contribution >= 0.6 is 11.3 Å². The van der Waals surface area contributed by atoms with Crippen LogP contribution in [0.3, 0.4) is 0 Å². The van der Waals surface area contributed by atoms with Gasteiger partial charge < -0.3 is 10.2 Å². The maximum Gasteiger partial charge on any atom is 0.262 e. The Balaban J connectivity index is 1.77. The maximum atomic E-state index is 13.1. The number of benzene rings is 1. The third kappa shape index (κ3) is 4.95. The van der Waals surface area contributed by atoms with Gasteiger partial charge in [0.25, 0.3) is 5.91 Å². The Morgan fingerprint density at radius 2 is 1.96 bits per heavy atom. The quantitative estimate of drug-likeness (QED) is 0.792. The van der Waals surface area contributed by atoms with E-state index in [0.717, 1.165) is 5.56 Å². The van der Waals surface area contributed by atoms with Gasteiger partial charge in [-0.05, 0) is 23.4 Å². The Morgan fingerprint density at radius 1 is 1.22 bits per heavy atom. The molecule has 3 rings (SSSR count). The number of carbonyl (C=O) groups is 2. The van der Waals surface area contributed by atoms with Crippen LogP contribution in [-0.4, -0.2) is 55.8 Å². The Labute approximate surface area is 163 Å². The van der Waals surface area contributed by atoms with Gasteiger partial charge in [0.1, 0.15) is 6.04 Å². The predicted molar refractivity (Wildman–Crippen MR) is 106 cm³/mol. The highest BCUT2D eigenvalue weighted by molar-refractivity contribution is 7.91. The van der Waals surface area contributed by atoms with Gasteiger partial charge in [-0.15, -0.1) is 11.3 Å². The Bertz CT molecular complexity index is 895. The van der Waals surface area contributed by atoms with E-state index in [2.05, 4.69) is 5.32 Å². The average Bonchev–Trinajstić information content (AvgIpc) is 3.30. The highest BCUT2D eigenvalue weighted by atomic mass is 32.2. The van der Waals surface area contributed by atoms with Gasteiger partial charge in [0.05, 0.1) is 16.4 Å². The number of nitrogens with one attached hydrogen (secondary N) is 1. The molecule has 1 aliphatic rings. The Hall–Kier alpha value is -2.19. The van der Waals surface area contributed by atoms with Gasteiger partial charge in [0.2, 0.25) is 5.91 Å². The largest absolute Gasteiger partial charge is 0.340 e. The summed E-state index contributed by atoms with van der Waals surface area (Å²) in [5, 5.41) is 4.63. The van der Waals surface area contributed by atoms with E-state index in [-0.39, 0.29) is 29.4 Å². The Kier molecular flexibility index (Phi) is 5.96. The summed E-state index contributed by atoms with van der Waals surface area (Å²) in [6, 6.07) is 11.8. The van der Waals surface area contributed by atoms with E-state index in [1.807, 2.05) is 30.3 Å². The van der Waals surface area contributed by atoms with Gasteiger partial charge in [-0.3, -0.25) is 9.59 Å². The zero-order valence-corrected chi connectivity index (χ0v) is 16.6. The number of thiophene rings is 1. The molecule has 2 amide bonds. The minimum atomic E-state index is -3.10. The molecular weight excluding hydrogens is 384 g/mol. The molecule has 0 aliphatic carbocycles. The van der Waals surface area contributed by atoms with Crippen molar-refractivity contribution in [1.29, 1.82) is 0 Å². The van der Waals surface area contributed by atoms with Crippen LogP contribution in [0.5, 0.6) is 0 Å². The van der Waals surface area contributed by atoms with Crippen molar-refractivity contribution in [2.75, 3.05) is 18.6 Å². The number of sulfone groups is 1. The molecule has 1 aromatic carbocycles. The van der Waals surface area contributed by atoms with Gasteiger partial charge in [-0.25, -0.2) is 8.42 Å². The molecule has 2 heterocycles. The van der Waals surface area contributed by atoms with Crippen LogP contribution in [0.15, 0.2) is 47.8 Å². The normalized spacial score (nSPS) is 19.4. The highest BCUT2D eigenvalue weighted by Gasteiger charge is 2.35. The second kappa shape index (κ2) is 8.22. The fourth-order valence-corrected chi connectivity index (χ4v) is 5.59. The summed E-state index contributed by atoms with van der Waals surface area (Å²) in [7, 11) is -1.48. The van der Waals surface area contributed by atoms with Crippen molar-refractivity contribution < 1.29 is 18.0 Å². The first-order valence-corrected chi connectivity index (χ1v) is 11.4. The molecule has 0 spiro atoms. The summed E-state index contributed by atoms with van der Waals surface area (Å²) >= 11 is 1.31. The van der Waals surface area contributed by atoms with Crippen molar-refractivity contribution in [2.45, 2.75) is 24.9 Å². The summed E-state index contributed by atoms with van der Waals surface area (Å²) in [4.78, 5) is 27.6. The van der Waals surface area contributed by atoms with E-state index in [1.54, 1.807) is 24.6 Å². The molecule has 0 saturated carbocycles. The summed E-state index contributed by atoms with van der Waals surface area (Å²) in [6.07, 6.45) is 0.780. The minimum Gasteiger partial charge on any atom is -0.340 e. The van der Waals surface area contributed by atoms with E-state index < -0.39 is 15.9 Å². The number of amides is 2. The number of carbonyl (C=O) groups excluding carboxylic acids is 2. The zero-order chi connectivity index (χ0) is 19.4. The lowest BCUT2D eigenvalue weighted by Crippen LogP contribution is -2.51. The third-order valence-electron chi connectivity index (χ3n) is 4.73. The third-order valence-corrected chi connectivity index (χ3v) is 7.35. The molecule has 144 valence electrons. The molecule has 27 heavy (non-hydrogen) atoms. The van der Waals surface area contributed by atoms with E-state index in [1.165, 1.54) is 16.2 Å². The molecular formula is C19H22N2O4S2. The van der Waals surface area contributed by atoms with Gasteiger partial charge in [0.15, 0.2) is 9.84 Å². The zero-order valence-electron chi connectivity index (χ0n) is 15.0. The van der Waals surface area contributed by atoms with Crippen molar-refractivity contribution in [1.82, 2.24) is 10.2 Å². The van der Waals surface area contributed by atoms with Crippen LogP contribution in [-0.2, 0) is 21.1 Å². The Morgan fingerprint density at radius 3 is 2.56 bits per heavy atom. The molecule has 0 bridgehead atoms. The lowest BCUT2D eigenvalue weighted by atomic mass is 10.0. The first-order chi connectivity index (χ1) is 12.9. The fraction of sp³-hybridized carbons (Fsp3) is 0.368. The van der Waals surface area contributed by atoms with Crippen LogP contribution in [0, 0.1) is 0 Å². The minimum absolute atomic E-state index is 0.0217. The van der Waals surface area contributed by atoms with Crippen LogP contribution < -0.4 is 5.32 Å². The molecule has 1 saturated heterocycles. The van der Waals surface area contributed by atoms with E-state index in [0.29, 0.717) is 17.7 Å². The SMILES string of the molecule is CN(C(=O)C(Cc1ccccc1)NC(=O)c1cccs1)C1CCS(=O)(=O)C1. The molecule has 2 unspecified atom stereocenters. The monoisotopic (exact) mass is 406 g/mol. The van der Waals surface area contributed by atoms with Crippen LogP contribution in [0.1, 0.15) is 21.7 Å². The average molecular weight is 407 g/mol. The van der Waals surface area contributed by atoms with E-state index in [4.69, 9.17) is 0 Å². The van der Waals surface area contributed by atoms with Gasteiger partial charge >= 0.3 is 0 Å². The standard InChI is InChI=1S/C19H22N2O4S2/c1-21(15-9-11-27(24,25)13-15)19(23)16(12-14-6-3-2-4-7-14)20-18(22)17-8-5-10-26-17/h2-8,10,15-16H,9,11-13H2,1H3,(H,20,22). The molecule has 1 N–H and O–H groups in total. The van der Waals surface area contributed by atoms with Gasteiger partial charge in [-0.1, -0.05) is 36.4 Å².